The van der Waals surface area contributed by atoms with Crippen LogP contribution in [0, 0.1) is 6.92 Å². The van der Waals surface area contributed by atoms with Gasteiger partial charge in [-0.3, -0.25) is 9.79 Å². The molecule has 0 bridgehead atoms. The fourth-order valence-corrected chi connectivity index (χ4v) is 5.46. The van der Waals surface area contributed by atoms with Crippen LogP contribution in [-0.4, -0.2) is 19.9 Å². The molecule has 0 aromatic heterocycles. The lowest BCUT2D eigenvalue weighted by Crippen LogP contribution is -2.11. The van der Waals surface area contributed by atoms with Crippen LogP contribution in [0.3, 0.4) is 0 Å². The van der Waals surface area contributed by atoms with Crippen LogP contribution in [0.15, 0.2) is 70.6 Å². The normalized spacial score (nSPS) is 13.8. The number of fused-ring (bicyclic) bond motifs is 4. The van der Waals surface area contributed by atoms with E-state index in [1.807, 2.05) is 49.4 Å². The fourth-order valence-electron chi connectivity index (χ4n) is 4.24. The van der Waals surface area contributed by atoms with Gasteiger partial charge in [0, 0.05) is 39.6 Å². The minimum atomic E-state index is -3.88. The summed E-state index contributed by atoms with van der Waals surface area (Å²) in [6, 6.07) is 18.9. The number of nitrogens with one attached hydrogen (secondary N) is 1. The number of halogens is 1. The Morgan fingerprint density at radius 1 is 0.938 bits per heavy atom. The number of ketones is 1. The van der Waals surface area contributed by atoms with Gasteiger partial charge in [0.1, 0.15) is 0 Å². The molecule has 0 unspecified atom stereocenters. The quantitative estimate of drug-likeness (QED) is 0.273. The number of rotatable bonds is 3. The third-order valence-electron chi connectivity index (χ3n) is 5.72. The monoisotopic (exact) mass is 462 g/mol. The molecule has 4 aromatic carbocycles. The summed E-state index contributed by atoms with van der Waals surface area (Å²) in [4.78, 5) is 17.6. The molecule has 0 fully saturated rings. The summed E-state index contributed by atoms with van der Waals surface area (Å²) < 4.78 is 23.9. The van der Waals surface area contributed by atoms with E-state index < -0.39 is 9.05 Å². The molecule has 5 rings (SSSR count). The van der Waals surface area contributed by atoms with Crippen molar-refractivity contribution in [3.63, 3.8) is 0 Å². The summed E-state index contributed by atoms with van der Waals surface area (Å²) in [5.74, 6) is 0.0465. The summed E-state index contributed by atoms with van der Waals surface area (Å²) in [5, 5.41) is 7.08. The molecular weight excluding hydrogens is 444 g/mol. The van der Waals surface area contributed by atoms with Crippen LogP contribution >= 0.6 is 10.7 Å². The maximum absolute atomic E-state index is 12.9. The molecule has 0 radical (unpaired) electrons. The van der Waals surface area contributed by atoms with E-state index in [1.54, 1.807) is 19.1 Å². The molecule has 0 spiro atoms. The predicted octanol–water partition coefficient (Wildman–Crippen LogP) is 6.65. The Bertz CT molecular complexity index is 1590. The van der Waals surface area contributed by atoms with Gasteiger partial charge in [-0.05, 0) is 65.9 Å². The third kappa shape index (κ3) is 3.55. The molecule has 0 amide bonds. The van der Waals surface area contributed by atoms with Crippen LogP contribution in [0.1, 0.15) is 29.3 Å². The summed E-state index contributed by atoms with van der Waals surface area (Å²) in [6.45, 7) is 3.54. The molecule has 5 nitrogen and oxygen atoms in total. The first-order valence-corrected chi connectivity index (χ1v) is 12.4. The number of benzene rings is 4. The number of hydrogen-bond acceptors (Lipinski definition) is 5. The SMILES string of the molecule is CC1=Nc2cc(Nc3ccc(C)c(S(=O)(=O)Cl)c3)c3cc4ccccc4cc3c2C(=O)C1. The molecule has 1 aliphatic rings. The van der Waals surface area contributed by atoms with Gasteiger partial charge in [-0.1, -0.05) is 30.3 Å². The van der Waals surface area contributed by atoms with Gasteiger partial charge < -0.3 is 5.32 Å². The Balaban J connectivity index is 1.78. The van der Waals surface area contributed by atoms with E-state index in [9.17, 15) is 13.2 Å². The number of aliphatic imine (C=N–C) groups is 1. The van der Waals surface area contributed by atoms with Crippen LogP contribution in [0.5, 0.6) is 0 Å². The fraction of sp³-hybridized carbons (Fsp3) is 0.120. The molecule has 1 aliphatic heterocycles. The van der Waals surface area contributed by atoms with Crippen LogP contribution in [0.25, 0.3) is 21.5 Å². The number of Topliss-reactive ketones (excluding diaryl/α,β-unsaturated/α-hetero) is 1. The number of hydrogen-bond donors (Lipinski definition) is 1. The first-order chi connectivity index (χ1) is 15.2. The molecule has 0 saturated carbocycles. The smallest absolute Gasteiger partial charge is 0.261 e. The zero-order chi connectivity index (χ0) is 22.6. The van der Waals surface area contributed by atoms with Gasteiger partial charge in [0.2, 0.25) is 0 Å². The number of anilines is 2. The Morgan fingerprint density at radius 2 is 1.62 bits per heavy atom. The second kappa shape index (κ2) is 7.43. The first-order valence-electron chi connectivity index (χ1n) is 10.1. The van der Waals surface area contributed by atoms with Crippen molar-refractivity contribution in [3.8, 4) is 0 Å². The van der Waals surface area contributed by atoms with Crippen LogP contribution in [0.4, 0.5) is 17.1 Å². The molecule has 1 heterocycles. The van der Waals surface area contributed by atoms with Gasteiger partial charge in [-0.15, -0.1) is 0 Å². The van der Waals surface area contributed by atoms with Crippen LogP contribution < -0.4 is 5.32 Å². The van der Waals surface area contributed by atoms with E-state index in [0.29, 0.717) is 28.9 Å². The molecule has 1 N–H and O–H groups in total. The Hall–Kier alpha value is -3.22. The molecule has 0 atom stereocenters. The highest BCUT2D eigenvalue weighted by Crippen LogP contribution is 2.41. The molecule has 160 valence electrons. The van der Waals surface area contributed by atoms with Crippen molar-refractivity contribution in [2.75, 3.05) is 5.32 Å². The summed E-state index contributed by atoms with van der Waals surface area (Å²) >= 11 is 0. The van der Waals surface area contributed by atoms with Crippen molar-refractivity contribution in [2.24, 2.45) is 4.99 Å². The largest absolute Gasteiger partial charge is 0.355 e. The first kappa shape index (κ1) is 20.7. The standard InChI is InChI=1S/C25H19ClN2O3S/c1-14-7-8-18(12-24(14)32(26,30)31)28-21-13-22-25(23(29)9-15(2)27-22)20-11-17-6-4-3-5-16(17)10-19(20)21/h3-8,10-13,28H,9H2,1-2H3. The molecule has 0 saturated heterocycles. The Labute approximate surface area is 190 Å². The highest BCUT2D eigenvalue weighted by molar-refractivity contribution is 8.13. The highest BCUT2D eigenvalue weighted by Gasteiger charge is 2.23. The average molecular weight is 463 g/mol. The Morgan fingerprint density at radius 3 is 2.31 bits per heavy atom. The van der Waals surface area contributed by atoms with Crippen molar-refractivity contribution in [1.82, 2.24) is 0 Å². The molecule has 4 aromatic rings. The second-order valence-corrected chi connectivity index (χ2v) is 10.6. The molecule has 7 heteroatoms. The maximum atomic E-state index is 12.9. The summed E-state index contributed by atoms with van der Waals surface area (Å²) in [5.41, 5.74) is 3.87. The van der Waals surface area contributed by atoms with Gasteiger partial charge >= 0.3 is 0 Å². The lowest BCUT2D eigenvalue weighted by molar-refractivity contribution is 0.100. The maximum Gasteiger partial charge on any atom is 0.261 e. The summed E-state index contributed by atoms with van der Waals surface area (Å²) in [6.07, 6.45) is 0.302. The zero-order valence-corrected chi connectivity index (χ0v) is 19.0. The van der Waals surface area contributed by atoms with Crippen molar-refractivity contribution < 1.29 is 13.2 Å². The molecular formula is C25H19ClN2O3S. The third-order valence-corrected chi connectivity index (χ3v) is 7.18. The van der Waals surface area contributed by atoms with Crippen molar-refractivity contribution in [1.29, 1.82) is 0 Å². The lowest BCUT2D eigenvalue weighted by atomic mass is 9.91. The second-order valence-electron chi connectivity index (χ2n) is 8.05. The van der Waals surface area contributed by atoms with E-state index >= 15 is 0 Å². The van der Waals surface area contributed by atoms with Crippen LogP contribution in [-0.2, 0) is 9.05 Å². The molecule has 0 aliphatic carbocycles. The van der Waals surface area contributed by atoms with E-state index in [0.717, 1.165) is 32.9 Å². The number of nitrogens with zero attached hydrogens (tertiary/aromatic N) is 1. The number of carbonyl (C=O) groups excluding carboxylic acids is 1. The van der Waals surface area contributed by atoms with Gasteiger partial charge in [0.15, 0.2) is 5.78 Å². The minimum absolute atomic E-state index is 0.0465. The topological polar surface area (TPSA) is 75.6 Å². The van der Waals surface area contributed by atoms with Gasteiger partial charge in [0.05, 0.1) is 16.1 Å². The van der Waals surface area contributed by atoms with Crippen molar-refractivity contribution in [2.45, 2.75) is 25.2 Å². The average Bonchev–Trinajstić information content (AvgIpc) is 2.72. The lowest BCUT2D eigenvalue weighted by Gasteiger charge is -2.19. The highest BCUT2D eigenvalue weighted by atomic mass is 35.7. The number of carbonyl (C=O) groups is 1. The van der Waals surface area contributed by atoms with Crippen LogP contribution in [0.2, 0.25) is 0 Å². The van der Waals surface area contributed by atoms with E-state index in [1.165, 1.54) is 6.07 Å². The molecule has 32 heavy (non-hydrogen) atoms. The van der Waals surface area contributed by atoms with Gasteiger partial charge in [-0.25, -0.2) is 8.42 Å². The number of aryl methyl sites for hydroxylation is 1. The Kier molecular flexibility index (Phi) is 4.80. The van der Waals surface area contributed by atoms with E-state index in [-0.39, 0.29) is 10.7 Å². The van der Waals surface area contributed by atoms with E-state index in [2.05, 4.69) is 10.3 Å². The zero-order valence-electron chi connectivity index (χ0n) is 17.4. The minimum Gasteiger partial charge on any atom is -0.355 e. The van der Waals surface area contributed by atoms with E-state index in [4.69, 9.17) is 10.7 Å². The predicted molar refractivity (Wildman–Crippen MR) is 131 cm³/mol. The van der Waals surface area contributed by atoms with Crippen molar-refractivity contribution >= 4 is 69.8 Å². The summed E-state index contributed by atoms with van der Waals surface area (Å²) in [7, 11) is 1.73. The van der Waals surface area contributed by atoms with Gasteiger partial charge in [-0.2, -0.15) is 0 Å². The van der Waals surface area contributed by atoms with Gasteiger partial charge in [0.25, 0.3) is 9.05 Å². The van der Waals surface area contributed by atoms with Crippen molar-refractivity contribution in [3.05, 3.63) is 71.8 Å².